The van der Waals surface area contributed by atoms with Crippen LogP contribution in [0.1, 0.15) is 0 Å². The zero-order valence-corrected chi connectivity index (χ0v) is 9.44. The molecule has 14 heavy (non-hydrogen) atoms. The maximum absolute atomic E-state index is 9.45. The van der Waals surface area contributed by atoms with Gasteiger partial charge in [-0.15, -0.1) is 0 Å². The van der Waals surface area contributed by atoms with Crippen LogP contribution in [0.2, 0.25) is 0 Å². The van der Waals surface area contributed by atoms with Crippen molar-refractivity contribution in [2.24, 2.45) is 0 Å². The van der Waals surface area contributed by atoms with Crippen molar-refractivity contribution in [2.45, 2.75) is 30.5 Å². The SMILES string of the molecule is OCC1O[C@H](COI)[C@H](O)[C@@H](O)[C@@H]1O. The minimum Gasteiger partial charge on any atom is -0.394 e. The van der Waals surface area contributed by atoms with E-state index in [-0.39, 0.29) is 6.61 Å². The van der Waals surface area contributed by atoms with E-state index in [2.05, 4.69) is 0 Å². The summed E-state index contributed by atoms with van der Waals surface area (Å²) in [5.41, 5.74) is 0. The van der Waals surface area contributed by atoms with E-state index < -0.39 is 37.1 Å². The molecule has 1 saturated heterocycles. The molecule has 1 fully saturated rings. The molecular weight excluding hydrogens is 307 g/mol. The monoisotopic (exact) mass is 320 g/mol. The average molecular weight is 320 g/mol. The number of aliphatic hydroxyl groups is 4. The van der Waals surface area contributed by atoms with Gasteiger partial charge in [-0.1, -0.05) is 0 Å². The predicted molar refractivity (Wildman–Crippen MR) is 53.7 cm³/mol. The molecule has 0 bridgehead atoms. The highest BCUT2D eigenvalue weighted by Crippen LogP contribution is 2.21. The van der Waals surface area contributed by atoms with Crippen LogP contribution in [0.5, 0.6) is 0 Å². The van der Waals surface area contributed by atoms with E-state index in [1.54, 1.807) is 23.0 Å². The summed E-state index contributed by atoms with van der Waals surface area (Å²) in [4.78, 5) is 0. The Balaban J connectivity index is 2.63. The average Bonchev–Trinajstić information content (AvgIpc) is 2.19. The number of hydrogen-bond donors (Lipinski definition) is 4. The predicted octanol–water partition coefficient (Wildman–Crippen LogP) is -1.80. The summed E-state index contributed by atoms with van der Waals surface area (Å²) in [7, 11) is 0. The Bertz CT molecular complexity index is 176. The lowest BCUT2D eigenvalue weighted by atomic mass is 9.95. The van der Waals surface area contributed by atoms with Crippen LogP contribution in [0.4, 0.5) is 0 Å². The van der Waals surface area contributed by atoms with Gasteiger partial charge in [0.1, 0.15) is 53.5 Å². The van der Waals surface area contributed by atoms with E-state index in [1.807, 2.05) is 0 Å². The van der Waals surface area contributed by atoms with Gasteiger partial charge in [0.15, 0.2) is 0 Å². The standard InChI is InChI=1S/C7H13IO6/c8-13-2-4-6(11)7(12)5(10)3(1-9)14-4/h3-7,9-12H,1-2H2/t3?,4-,5-,6+,7+/m1/s1. The highest BCUT2D eigenvalue weighted by Gasteiger charge is 2.43. The Labute approximate surface area is 95.1 Å². The van der Waals surface area contributed by atoms with Gasteiger partial charge in [-0.05, 0) is 0 Å². The van der Waals surface area contributed by atoms with Gasteiger partial charge in [0.25, 0.3) is 0 Å². The molecule has 1 heterocycles. The third kappa shape index (κ3) is 2.54. The molecule has 1 aliphatic rings. The fourth-order valence-corrected chi connectivity index (χ4v) is 1.73. The van der Waals surface area contributed by atoms with Crippen molar-refractivity contribution in [1.29, 1.82) is 0 Å². The zero-order valence-electron chi connectivity index (χ0n) is 7.28. The zero-order chi connectivity index (χ0) is 10.7. The van der Waals surface area contributed by atoms with Crippen molar-refractivity contribution < 1.29 is 28.2 Å². The Kier molecular flexibility index (Phi) is 4.97. The maximum atomic E-state index is 9.45. The summed E-state index contributed by atoms with van der Waals surface area (Å²) >= 11 is 1.63. The molecule has 1 rings (SSSR count). The van der Waals surface area contributed by atoms with Gasteiger partial charge in [0.05, 0.1) is 13.2 Å². The highest BCUT2D eigenvalue weighted by molar-refractivity contribution is 14.1. The fourth-order valence-electron chi connectivity index (χ4n) is 1.38. The van der Waals surface area contributed by atoms with Crippen LogP contribution in [-0.4, -0.2) is 64.2 Å². The van der Waals surface area contributed by atoms with Crippen LogP contribution < -0.4 is 0 Å². The fraction of sp³-hybridized carbons (Fsp3) is 1.00. The lowest BCUT2D eigenvalue weighted by Crippen LogP contribution is -2.59. The van der Waals surface area contributed by atoms with Crippen molar-refractivity contribution in [3.63, 3.8) is 0 Å². The summed E-state index contributed by atoms with van der Waals surface area (Å²) in [6, 6.07) is 0. The van der Waals surface area contributed by atoms with Gasteiger partial charge in [-0.3, -0.25) is 0 Å². The van der Waals surface area contributed by atoms with Gasteiger partial charge >= 0.3 is 0 Å². The van der Waals surface area contributed by atoms with Crippen LogP contribution in [0.25, 0.3) is 0 Å². The smallest absolute Gasteiger partial charge is 0.111 e. The van der Waals surface area contributed by atoms with E-state index >= 15 is 0 Å². The van der Waals surface area contributed by atoms with Crippen LogP contribution >= 0.6 is 23.0 Å². The second-order valence-electron chi connectivity index (χ2n) is 3.14. The molecule has 0 aliphatic carbocycles. The molecule has 0 amide bonds. The van der Waals surface area contributed by atoms with Crippen molar-refractivity contribution in [1.82, 2.24) is 0 Å². The first-order valence-electron chi connectivity index (χ1n) is 4.16. The van der Waals surface area contributed by atoms with Gasteiger partial charge in [-0.25, -0.2) is 0 Å². The minimum atomic E-state index is -1.32. The molecule has 0 aromatic heterocycles. The van der Waals surface area contributed by atoms with Crippen LogP contribution in [0.3, 0.4) is 0 Å². The Morgan fingerprint density at radius 2 is 1.64 bits per heavy atom. The molecule has 5 atom stereocenters. The Hall–Kier alpha value is 0.490. The first kappa shape index (κ1) is 12.6. The quantitative estimate of drug-likeness (QED) is 0.458. The molecule has 84 valence electrons. The largest absolute Gasteiger partial charge is 0.394 e. The lowest BCUT2D eigenvalue weighted by Gasteiger charge is -2.39. The number of halogens is 1. The van der Waals surface area contributed by atoms with Gasteiger partial charge < -0.3 is 28.2 Å². The van der Waals surface area contributed by atoms with Crippen LogP contribution in [0, 0.1) is 0 Å². The Morgan fingerprint density at radius 3 is 2.14 bits per heavy atom. The summed E-state index contributed by atoms with van der Waals surface area (Å²) < 4.78 is 9.87. The minimum absolute atomic E-state index is 0.0853. The second-order valence-corrected chi connectivity index (χ2v) is 3.77. The van der Waals surface area contributed by atoms with E-state index in [4.69, 9.17) is 12.9 Å². The number of ether oxygens (including phenoxy) is 1. The summed E-state index contributed by atoms with van der Waals surface area (Å²) in [5.74, 6) is 0. The normalized spacial score (nSPS) is 43.9. The molecule has 1 unspecified atom stereocenters. The molecule has 0 radical (unpaired) electrons. The second kappa shape index (κ2) is 5.54. The highest BCUT2D eigenvalue weighted by atomic mass is 127. The Morgan fingerprint density at radius 1 is 1.07 bits per heavy atom. The van der Waals surface area contributed by atoms with Crippen molar-refractivity contribution in [3.8, 4) is 0 Å². The van der Waals surface area contributed by atoms with Gasteiger partial charge in [0.2, 0.25) is 0 Å². The third-order valence-corrected chi connectivity index (χ3v) is 2.58. The van der Waals surface area contributed by atoms with Crippen molar-refractivity contribution in [2.75, 3.05) is 13.2 Å². The number of aliphatic hydroxyl groups excluding tert-OH is 4. The molecule has 4 N–H and O–H groups in total. The molecule has 1 aliphatic heterocycles. The molecule has 0 aromatic rings. The lowest BCUT2D eigenvalue weighted by molar-refractivity contribution is -0.232. The van der Waals surface area contributed by atoms with Gasteiger partial charge in [0, 0.05) is 0 Å². The summed E-state index contributed by atoms with van der Waals surface area (Å²) in [6.07, 6.45) is -5.42. The van der Waals surface area contributed by atoms with E-state index in [9.17, 15) is 15.3 Å². The maximum Gasteiger partial charge on any atom is 0.111 e. The molecule has 7 heteroatoms. The first-order valence-corrected chi connectivity index (χ1v) is 5.04. The summed E-state index contributed by atoms with van der Waals surface area (Å²) in [6.45, 7) is -0.329. The molecule has 0 spiro atoms. The number of rotatable bonds is 3. The van der Waals surface area contributed by atoms with E-state index in [0.717, 1.165) is 0 Å². The van der Waals surface area contributed by atoms with Crippen LogP contribution in [0.15, 0.2) is 0 Å². The molecule has 0 saturated carbocycles. The van der Waals surface area contributed by atoms with E-state index in [1.165, 1.54) is 0 Å². The third-order valence-electron chi connectivity index (χ3n) is 2.22. The molecule has 0 aromatic carbocycles. The van der Waals surface area contributed by atoms with Crippen LogP contribution in [-0.2, 0) is 7.80 Å². The molecule has 6 nitrogen and oxygen atoms in total. The summed E-state index contributed by atoms with van der Waals surface area (Å²) in [5, 5.41) is 37.0. The topological polar surface area (TPSA) is 99.4 Å². The van der Waals surface area contributed by atoms with Crippen molar-refractivity contribution in [3.05, 3.63) is 0 Å². The first-order chi connectivity index (χ1) is 6.61. The molecular formula is C7H13IO6. The van der Waals surface area contributed by atoms with Gasteiger partial charge in [-0.2, -0.15) is 0 Å². The van der Waals surface area contributed by atoms with Crippen molar-refractivity contribution >= 4 is 23.0 Å². The number of hydrogen-bond acceptors (Lipinski definition) is 6. The van der Waals surface area contributed by atoms with E-state index in [0.29, 0.717) is 0 Å².